The van der Waals surface area contributed by atoms with Crippen LogP contribution in [0.25, 0.3) is 11.0 Å². The summed E-state index contributed by atoms with van der Waals surface area (Å²) in [7, 11) is 1.61. The van der Waals surface area contributed by atoms with Crippen LogP contribution in [0, 0.1) is 0 Å². The first kappa shape index (κ1) is 18.6. The van der Waals surface area contributed by atoms with E-state index in [9.17, 15) is 4.79 Å². The van der Waals surface area contributed by atoms with Gasteiger partial charge in [-0.2, -0.15) is 0 Å². The van der Waals surface area contributed by atoms with E-state index in [4.69, 9.17) is 13.9 Å². The standard InChI is InChI=1S/C18H23NO4.ClH/c1-3-22-18(20)17-14-11-13(21-2)7-8-15(14)23-16(17)12-19-9-5-4-6-10-19;/h7-8,11H,3-6,9-10,12H2,1-2H3;1H/p-1. The minimum Gasteiger partial charge on any atom is -1.00 e. The van der Waals surface area contributed by atoms with Gasteiger partial charge in [0.1, 0.15) is 22.7 Å². The molecule has 1 aromatic heterocycles. The van der Waals surface area contributed by atoms with E-state index in [0.717, 1.165) is 18.5 Å². The first-order valence-corrected chi connectivity index (χ1v) is 8.21. The summed E-state index contributed by atoms with van der Waals surface area (Å²) >= 11 is 0. The predicted molar refractivity (Wildman–Crippen MR) is 87.9 cm³/mol. The average molecular weight is 353 g/mol. The lowest BCUT2D eigenvalue weighted by Gasteiger charge is -2.25. The van der Waals surface area contributed by atoms with Crippen molar-refractivity contribution in [2.45, 2.75) is 32.7 Å². The van der Waals surface area contributed by atoms with Crippen molar-refractivity contribution in [2.75, 3.05) is 26.8 Å². The van der Waals surface area contributed by atoms with E-state index in [1.165, 1.54) is 19.3 Å². The van der Waals surface area contributed by atoms with Crippen LogP contribution < -0.4 is 17.1 Å². The Morgan fingerprint density at radius 3 is 2.67 bits per heavy atom. The molecule has 0 radical (unpaired) electrons. The summed E-state index contributed by atoms with van der Waals surface area (Å²) in [5, 5.41) is 0.759. The Morgan fingerprint density at radius 2 is 2.00 bits per heavy atom. The third kappa shape index (κ3) is 3.84. The molecule has 6 heteroatoms. The molecular formula is C18H23ClNO4-. The van der Waals surface area contributed by atoms with Crippen molar-refractivity contribution in [1.82, 2.24) is 4.90 Å². The fraction of sp³-hybridized carbons (Fsp3) is 0.500. The maximum atomic E-state index is 12.4. The molecule has 0 aliphatic carbocycles. The number of halogens is 1. The molecule has 0 amide bonds. The topological polar surface area (TPSA) is 51.9 Å². The largest absolute Gasteiger partial charge is 1.00 e. The number of rotatable bonds is 5. The van der Waals surface area contributed by atoms with Gasteiger partial charge >= 0.3 is 5.97 Å². The van der Waals surface area contributed by atoms with Crippen molar-refractivity contribution in [1.29, 1.82) is 0 Å². The van der Waals surface area contributed by atoms with Crippen molar-refractivity contribution in [3.63, 3.8) is 0 Å². The van der Waals surface area contributed by atoms with Gasteiger partial charge in [0, 0.05) is 5.39 Å². The van der Waals surface area contributed by atoms with Crippen LogP contribution in [0.4, 0.5) is 0 Å². The summed E-state index contributed by atoms with van der Waals surface area (Å²) in [5.74, 6) is 1.06. The number of carbonyl (C=O) groups is 1. The zero-order chi connectivity index (χ0) is 16.2. The number of hydrogen-bond acceptors (Lipinski definition) is 5. The van der Waals surface area contributed by atoms with Crippen LogP contribution in [0.3, 0.4) is 0 Å². The summed E-state index contributed by atoms with van der Waals surface area (Å²) in [6.45, 7) is 4.89. The maximum Gasteiger partial charge on any atom is 0.342 e. The van der Waals surface area contributed by atoms with Crippen LogP contribution in [-0.4, -0.2) is 37.7 Å². The van der Waals surface area contributed by atoms with Crippen molar-refractivity contribution < 1.29 is 31.1 Å². The molecule has 132 valence electrons. The second kappa shape index (κ2) is 8.40. The maximum absolute atomic E-state index is 12.4. The van der Waals surface area contributed by atoms with Gasteiger partial charge in [-0.1, -0.05) is 6.42 Å². The second-order valence-corrected chi connectivity index (χ2v) is 5.82. The van der Waals surface area contributed by atoms with E-state index in [1.54, 1.807) is 7.11 Å². The number of piperidine rings is 1. The normalized spacial score (nSPS) is 15.1. The number of likely N-dealkylation sites (tertiary alicyclic amines) is 1. The SMILES string of the molecule is CCOC(=O)c1c(CN2CCCCC2)oc2ccc(OC)cc12.[Cl-]. The Balaban J connectivity index is 0.00000208. The van der Waals surface area contributed by atoms with E-state index in [0.29, 0.717) is 35.8 Å². The van der Waals surface area contributed by atoms with Gasteiger partial charge in [0.05, 0.1) is 20.3 Å². The van der Waals surface area contributed by atoms with Crippen LogP contribution in [0.1, 0.15) is 42.3 Å². The number of hydrogen-bond donors (Lipinski definition) is 0. The van der Waals surface area contributed by atoms with Gasteiger partial charge in [0.15, 0.2) is 0 Å². The molecule has 24 heavy (non-hydrogen) atoms. The first-order valence-electron chi connectivity index (χ1n) is 8.21. The highest BCUT2D eigenvalue weighted by atomic mass is 35.5. The second-order valence-electron chi connectivity index (χ2n) is 5.82. The lowest BCUT2D eigenvalue weighted by atomic mass is 10.1. The number of ether oxygens (including phenoxy) is 2. The molecule has 0 saturated carbocycles. The molecule has 1 aliphatic heterocycles. The molecule has 3 rings (SSSR count). The molecule has 0 spiro atoms. The van der Waals surface area contributed by atoms with Gasteiger partial charge in [0.25, 0.3) is 0 Å². The molecule has 0 N–H and O–H groups in total. The minimum atomic E-state index is -0.327. The van der Waals surface area contributed by atoms with Gasteiger partial charge in [-0.25, -0.2) is 4.79 Å². The number of benzene rings is 1. The quantitative estimate of drug-likeness (QED) is 0.738. The average Bonchev–Trinajstić information content (AvgIpc) is 2.92. The molecule has 0 unspecified atom stereocenters. The Hall–Kier alpha value is -1.72. The Labute approximate surface area is 148 Å². The van der Waals surface area contributed by atoms with Crippen LogP contribution in [0.15, 0.2) is 22.6 Å². The van der Waals surface area contributed by atoms with Crippen molar-refractivity contribution in [2.24, 2.45) is 0 Å². The Bertz CT molecular complexity index is 692. The van der Waals surface area contributed by atoms with Crippen molar-refractivity contribution >= 4 is 16.9 Å². The molecule has 1 aromatic carbocycles. The smallest absolute Gasteiger partial charge is 0.342 e. The lowest BCUT2D eigenvalue weighted by Crippen LogP contribution is -3.00. The van der Waals surface area contributed by atoms with Crippen LogP contribution >= 0.6 is 0 Å². The molecule has 2 aromatic rings. The zero-order valence-corrected chi connectivity index (χ0v) is 14.9. The van der Waals surface area contributed by atoms with E-state index < -0.39 is 0 Å². The molecule has 1 aliphatic rings. The van der Waals surface area contributed by atoms with E-state index in [2.05, 4.69) is 4.90 Å². The molecule has 2 heterocycles. The number of esters is 1. The number of furan rings is 1. The van der Waals surface area contributed by atoms with E-state index in [1.807, 2.05) is 25.1 Å². The molecule has 0 bridgehead atoms. The summed E-state index contributed by atoms with van der Waals surface area (Å²) in [5.41, 5.74) is 1.23. The van der Waals surface area contributed by atoms with Gasteiger partial charge in [-0.05, 0) is 51.1 Å². The monoisotopic (exact) mass is 352 g/mol. The molecule has 5 nitrogen and oxygen atoms in total. The van der Waals surface area contributed by atoms with Gasteiger partial charge in [-0.15, -0.1) is 0 Å². The van der Waals surface area contributed by atoms with Gasteiger partial charge < -0.3 is 26.3 Å². The predicted octanol–water partition coefficient (Wildman–Crippen LogP) is 0.608. The third-order valence-corrected chi connectivity index (χ3v) is 4.26. The third-order valence-electron chi connectivity index (χ3n) is 4.26. The first-order chi connectivity index (χ1) is 11.2. The van der Waals surface area contributed by atoms with Crippen molar-refractivity contribution in [3.05, 3.63) is 29.5 Å². The fourth-order valence-corrected chi connectivity index (χ4v) is 3.11. The molecule has 1 saturated heterocycles. The highest BCUT2D eigenvalue weighted by molar-refractivity contribution is 6.05. The summed E-state index contributed by atoms with van der Waals surface area (Å²) < 4.78 is 16.5. The van der Waals surface area contributed by atoms with Gasteiger partial charge in [0.2, 0.25) is 0 Å². The zero-order valence-electron chi connectivity index (χ0n) is 14.1. The Morgan fingerprint density at radius 1 is 1.25 bits per heavy atom. The van der Waals surface area contributed by atoms with Crippen LogP contribution in [-0.2, 0) is 11.3 Å². The number of carbonyl (C=O) groups excluding carboxylic acids is 1. The molecule has 1 fully saturated rings. The van der Waals surface area contributed by atoms with E-state index >= 15 is 0 Å². The minimum absolute atomic E-state index is 0. The van der Waals surface area contributed by atoms with Crippen LogP contribution in [0.5, 0.6) is 5.75 Å². The fourth-order valence-electron chi connectivity index (χ4n) is 3.11. The lowest BCUT2D eigenvalue weighted by molar-refractivity contribution is -0.0000245. The van der Waals surface area contributed by atoms with Crippen LogP contribution in [0.2, 0.25) is 0 Å². The van der Waals surface area contributed by atoms with E-state index in [-0.39, 0.29) is 18.4 Å². The summed E-state index contributed by atoms with van der Waals surface area (Å²) in [6.07, 6.45) is 3.67. The highest BCUT2D eigenvalue weighted by Gasteiger charge is 2.24. The number of fused-ring (bicyclic) bond motifs is 1. The molecular weight excluding hydrogens is 330 g/mol. The Kier molecular flexibility index (Phi) is 6.52. The summed E-state index contributed by atoms with van der Waals surface area (Å²) in [6, 6.07) is 5.52. The number of methoxy groups -OCH3 is 1. The highest BCUT2D eigenvalue weighted by Crippen LogP contribution is 2.31. The van der Waals surface area contributed by atoms with Crippen molar-refractivity contribution in [3.8, 4) is 5.75 Å². The molecule has 0 atom stereocenters. The summed E-state index contributed by atoms with van der Waals surface area (Å²) in [4.78, 5) is 14.8. The van der Waals surface area contributed by atoms with Gasteiger partial charge in [-0.3, -0.25) is 4.90 Å². The number of nitrogens with zero attached hydrogens (tertiary/aromatic N) is 1.